The Kier molecular flexibility index (Phi) is 5.31. The number of carbonyl (C=O) groups is 1. The van der Waals surface area contributed by atoms with Gasteiger partial charge in [0.1, 0.15) is 12.2 Å². The first-order valence-electron chi connectivity index (χ1n) is 8.12. The van der Waals surface area contributed by atoms with Crippen LogP contribution in [0.1, 0.15) is 30.5 Å². The van der Waals surface area contributed by atoms with E-state index in [9.17, 15) is 4.79 Å². The lowest BCUT2D eigenvalue weighted by atomic mass is 9.84. The average Bonchev–Trinajstić information content (AvgIpc) is 2.94. The molecule has 0 radical (unpaired) electrons. The topological polar surface area (TPSA) is 60.9 Å². The van der Waals surface area contributed by atoms with Crippen LogP contribution in [0.15, 0.2) is 5.38 Å². The molecular weight excluding hydrogens is 316 g/mol. The van der Waals surface area contributed by atoms with Crippen LogP contribution in [-0.4, -0.2) is 60.4 Å². The molecule has 7 heteroatoms. The minimum absolute atomic E-state index is 0.0436. The number of hydrogen-bond donors (Lipinski definition) is 0. The Morgan fingerprint density at radius 3 is 3.09 bits per heavy atom. The number of aryl methyl sites for hydroxylation is 1. The monoisotopic (exact) mass is 340 g/mol. The molecule has 0 unspecified atom stereocenters. The highest BCUT2D eigenvalue weighted by Gasteiger charge is 2.49. The molecule has 1 aromatic heterocycles. The van der Waals surface area contributed by atoms with Crippen LogP contribution < -0.4 is 0 Å². The standard InChI is InChI=1S/C16H24N2O4S/c1-3-20-8-15(19)18-10-16(11-18)6-14(4-5-22-16)21-7-13-9-23-12(2)17-13/h9,14H,3-8,10-11H2,1-2H3/t14-/m0/s1. The number of amides is 1. The number of likely N-dealkylation sites (tertiary alicyclic amines) is 1. The predicted molar refractivity (Wildman–Crippen MR) is 86.4 cm³/mol. The number of carbonyl (C=O) groups excluding carboxylic acids is 1. The fraction of sp³-hybridized carbons (Fsp3) is 0.750. The summed E-state index contributed by atoms with van der Waals surface area (Å²) < 4.78 is 17.1. The van der Waals surface area contributed by atoms with Gasteiger partial charge < -0.3 is 19.1 Å². The first-order chi connectivity index (χ1) is 11.1. The van der Waals surface area contributed by atoms with Crippen molar-refractivity contribution in [2.24, 2.45) is 0 Å². The van der Waals surface area contributed by atoms with Gasteiger partial charge in [0.15, 0.2) is 0 Å². The number of thiazole rings is 1. The Labute approximate surface area is 140 Å². The van der Waals surface area contributed by atoms with Crippen molar-refractivity contribution in [3.8, 4) is 0 Å². The van der Waals surface area contributed by atoms with Gasteiger partial charge in [-0.3, -0.25) is 4.79 Å². The summed E-state index contributed by atoms with van der Waals surface area (Å²) in [6, 6.07) is 0. The SMILES string of the molecule is CCOCC(=O)N1CC2(C[C@@H](OCc3csc(C)n3)CCO2)C1. The van der Waals surface area contributed by atoms with Gasteiger partial charge in [-0.1, -0.05) is 0 Å². The Morgan fingerprint density at radius 1 is 1.57 bits per heavy atom. The smallest absolute Gasteiger partial charge is 0.248 e. The summed E-state index contributed by atoms with van der Waals surface area (Å²) in [6.07, 6.45) is 1.92. The molecule has 2 saturated heterocycles. The lowest BCUT2D eigenvalue weighted by molar-refractivity contribution is -0.204. The third-order valence-electron chi connectivity index (χ3n) is 4.32. The number of rotatable bonds is 6. The molecule has 1 aromatic rings. The van der Waals surface area contributed by atoms with Gasteiger partial charge in [0.25, 0.3) is 0 Å². The zero-order valence-electron chi connectivity index (χ0n) is 13.7. The zero-order chi connectivity index (χ0) is 16.3. The molecule has 23 heavy (non-hydrogen) atoms. The van der Waals surface area contributed by atoms with Gasteiger partial charge in [-0.15, -0.1) is 11.3 Å². The van der Waals surface area contributed by atoms with Crippen LogP contribution in [0.4, 0.5) is 0 Å². The van der Waals surface area contributed by atoms with E-state index < -0.39 is 0 Å². The van der Waals surface area contributed by atoms with Crippen molar-refractivity contribution < 1.29 is 19.0 Å². The molecule has 2 fully saturated rings. The number of aromatic nitrogens is 1. The molecular formula is C16H24N2O4S. The third kappa shape index (κ3) is 4.09. The van der Waals surface area contributed by atoms with Crippen molar-refractivity contribution in [3.63, 3.8) is 0 Å². The van der Waals surface area contributed by atoms with E-state index in [0.717, 1.165) is 23.5 Å². The van der Waals surface area contributed by atoms with Crippen molar-refractivity contribution in [2.75, 3.05) is 32.9 Å². The molecule has 0 saturated carbocycles. The van der Waals surface area contributed by atoms with Crippen LogP contribution in [0, 0.1) is 6.92 Å². The van der Waals surface area contributed by atoms with Gasteiger partial charge in [0.2, 0.25) is 5.91 Å². The average molecular weight is 340 g/mol. The molecule has 3 heterocycles. The van der Waals surface area contributed by atoms with Crippen LogP contribution in [-0.2, 0) is 25.6 Å². The van der Waals surface area contributed by atoms with Crippen LogP contribution in [0.5, 0.6) is 0 Å². The van der Waals surface area contributed by atoms with E-state index in [0.29, 0.717) is 32.9 Å². The summed E-state index contributed by atoms with van der Waals surface area (Å²) in [6.45, 7) is 7.15. The van der Waals surface area contributed by atoms with Gasteiger partial charge in [0, 0.05) is 25.0 Å². The minimum Gasteiger partial charge on any atom is -0.372 e. The normalized spacial score (nSPS) is 23.0. The van der Waals surface area contributed by atoms with Crippen LogP contribution >= 0.6 is 11.3 Å². The summed E-state index contributed by atoms with van der Waals surface area (Å²) in [7, 11) is 0. The second kappa shape index (κ2) is 7.25. The Bertz CT molecular complexity index is 542. The van der Waals surface area contributed by atoms with Gasteiger partial charge in [-0.2, -0.15) is 0 Å². The van der Waals surface area contributed by atoms with Crippen molar-refractivity contribution >= 4 is 17.2 Å². The first kappa shape index (κ1) is 16.8. The fourth-order valence-corrected chi connectivity index (χ4v) is 3.73. The maximum atomic E-state index is 11.9. The highest BCUT2D eigenvalue weighted by atomic mass is 32.1. The van der Waals surface area contributed by atoms with Gasteiger partial charge in [0.05, 0.1) is 36.5 Å². The van der Waals surface area contributed by atoms with E-state index in [2.05, 4.69) is 4.98 Å². The summed E-state index contributed by atoms with van der Waals surface area (Å²) in [5.41, 5.74) is 0.776. The van der Waals surface area contributed by atoms with E-state index in [4.69, 9.17) is 14.2 Å². The second-order valence-electron chi connectivity index (χ2n) is 6.20. The number of nitrogens with zero attached hydrogens (tertiary/aromatic N) is 2. The van der Waals surface area contributed by atoms with Crippen LogP contribution in [0.3, 0.4) is 0 Å². The van der Waals surface area contributed by atoms with Gasteiger partial charge in [-0.25, -0.2) is 4.98 Å². The molecule has 0 bridgehead atoms. The fourth-order valence-electron chi connectivity index (χ4n) is 3.13. The minimum atomic E-state index is -0.219. The molecule has 3 rings (SSSR count). The molecule has 2 aliphatic rings. The van der Waals surface area contributed by atoms with Crippen molar-refractivity contribution in [1.29, 1.82) is 0 Å². The predicted octanol–water partition coefficient (Wildman–Crippen LogP) is 1.76. The van der Waals surface area contributed by atoms with E-state index in [1.165, 1.54) is 0 Å². The lowest BCUT2D eigenvalue weighted by Gasteiger charge is -2.52. The van der Waals surface area contributed by atoms with Crippen LogP contribution in [0.25, 0.3) is 0 Å². The molecule has 6 nitrogen and oxygen atoms in total. The van der Waals surface area contributed by atoms with Crippen LogP contribution in [0.2, 0.25) is 0 Å². The Morgan fingerprint density at radius 2 is 2.39 bits per heavy atom. The summed E-state index contributed by atoms with van der Waals surface area (Å²) in [4.78, 5) is 18.1. The molecule has 1 amide bonds. The number of ether oxygens (including phenoxy) is 3. The molecule has 1 atom stereocenters. The van der Waals surface area contributed by atoms with Crippen molar-refractivity contribution in [3.05, 3.63) is 16.1 Å². The van der Waals surface area contributed by atoms with Gasteiger partial charge in [-0.05, 0) is 20.3 Å². The largest absolute Gasteiger partial charge is 0.372 e. The molecule has 0 aromatic carbocycles. The maximum Gasteiger partial charge on any atom is 0.248 e. The van der Waals surface area contributed by atoms with E-state index in [-0.39, 0.29) is 24.2 Å². The third-order valence-corrected chi connectivity index (χ3v) is 5.14. The quantitative estimate of drug-likeness (QED) is 0.790. The van der Waals surface area contributed by atoms with Gasteiger partial charge >= 0.3 is 0 Å². The van der Waals surface area contributed by atoms with E-state index in [1.807, 2.05) is 24.1 Å². The Balaban J connectivity index is 1.45. The lowest BCUT2D eigenvalue weighted by Crippen LogP contribution is -2.67. The maximum absolute atomic E-state index is 11.9. The highest BCUT2D eigenvalue weighted by molar-refractivity contribution is 7.09. The molecule has 2 aliphatic heterocycles. The summed E-state index contributed by atoms with van der Waals surface area (Å²) in [5, 5.41) is 3.11. The first-order valence-corrected chi connectivity index (χ1v) is 9.00. The molecule has 0 N–H and O–H groups in total. The molecule has 128 valence electrons. The summed E-state index contributed by atoms with van der Waals surface area (Å²) in [5.74, 6) is 0.0436. The van der Waals surface area contributed by atoms with Crippen molar-refractivity contribution in [1.82, 2.24) is 9.88 Å². The van der Waals surface area contributed by atoms with Crippen molar-refractivity contribution in [2.45, 2.75) is 45.0 Å². The summed E-state index contributed by atoms with van der Waals surface area (Å²) >= 11 is 1.64. The Hall–Kier alpha value is -1.02. The van der Waals surface area contributed by atoms with E-state index in [1.54, 1.807) is 11.3 Å². The zero-order valence-corrected chi connectivity index (χ0v) is 14.6. The highest BCUT2D eigenvalue weighted by Crippen LogP contribution is 2.35. The second-order valence-corrected chi connectivity index (χ2v) is 7.26. The molecule has 0 aliphatic carbocycles. The molecule has 1 spiro atoms. The van der Waals surface area contributed by atoms with E-state index >= 15 is 0 Å². The number of hydrogen-bond acceptors (Lipinski definition) is 6.